The van der Waals surface area contributed by atoms with Gasteiger partial charge in [0, 0.05) is 5.02 Å². The van der Waals surface area contributed by atoms with E-state index in [0.717, 1.165) is 16.7 Å². The lowest BCUT2D eigenvalue weighted by Gasteiger charge is -2.23. The Morgan fingerprint density at radius 1 is 0.926 bits per heavy atom. The molecule has 0 fully saturated rings. The van der Waals surface area contributed by atoms with E-state index >= 15 is 0 Å². The molecule has 0 bridgehead atoms. The zero-order valence-corrected chi connectivity index (χ0v) is 16.5. The van der Waals surface area contributed by atoms with Crippen molar-refractivity contribution in [3.63, 3.8) is 0 Å². The Kier molecular flexibility index (Phi) is 5.99. The van der Waals surface area contributed by atoms with Crippen molar-refractivity contribution >= 4 is 33.4 Å². The molecule has 0 unspecified atom stereocenters. The van der Waals surface area contributed by atoms with Crippen LogP contribution in [0.25, 0.3) is 6.08 Å². The predicted molar refractivity (Wildman–Crippen MR) is 113 cm³/mol. The molecule has 0 radical (unpaired) electrons. The van der Waals surface area contributed by atoms with Crippen LogP contribution >= 0.6 is 11.6 Å². The predicted octanol–water partition coefficient (Wildman–Crippen LogP) is 5.66. The van der Waals surface area contributed by atoms with Crippen LogP contribution in [0.15, 0.2) is 84.3 Å². The van der Waals surface area contributed by atoms with Gasteiger partial charge in [-0.05, 0) is 54.0 Å². The second kappa shape index (κ2) is 8.42. The van der Waals surface area contributed by atoms with Crippen molar-refractivity contribution in [1.29, 1.82) is 0 Å². The van der Waals surface area contributed by atoms with Crippen molar-refractivity contribution in [2.24, 2.45) is 0 Å². The van der Waals surface area contributed by atoms with Crippen LogP contribution in [0.2, 0.25) is 5.02 Å². The van der Waals surface area contributed by atoms with Gasteiger partial charge in [-0.25, -0.2) is 8.42 Å². The number of benzene rings is 3. The number of hydrogen-bond donors (Lipinski definition) is 0. The summed E-state index contributed by atoms with van der Waals surface area (Å²) in [5.41, 5.74) is 3.28. The molecular formula is C22H20ClNO2S. The highest BCUT2D eigenvalue weighted by Crippen LogP contribution is 2.24. The van der Waals surface area contributed by atoms with E-state index in [1.807, 2.05) is 61.5 Å². The normalized spacial score (nSPS) is 11.6. The number of anilines is 1. The first-order valence-corrected chi connectivity index (χ1v) is 10.4. The summed E-state index contributed by atoms with van der Waals surface area (Å²) in [5.74, 6) is 0. The van der Waals surface area contributed by atoms with Crippen LogP contribution in [0.5, 0.6) is 0 Å². The van der Waals surface area contributed by atoms with Crippen molar-refractivity contribution in [2.45, 2.75) is 13.5 Å². The lowest BCUT2D eigenvalue weighted by Crippen LogP contribution is -2.28. The molecule has 0 amide bonds. The lowest BCUT2D eigenvalue weighted by molar-refractivity contribution is 0.599. The molecule has 138 valence electrons. The van der Waals surface area contributed by atoms with E-state index in [-0.39, 0.29) is 6.54 Å². The van der Waals surface area contributed by atoms with Gasteiger partial charge in [0.15, 0.2) is 0 Å². The van der Waals surface area contributed by atoms with Gasteiger partial charge in [0.25, 0.3) is 10.0 Å². The molecule has 3 aromatic carbocycles. The van der Waals surface area contributed by atoms with Crippen LogP contribution in [-0.2, 0) is 16.6 Å². The fourth-order valence-corrected chi connectivity index (χ4v) is 4.12. The first kappa shape index (κ1) is 19.2. The minimum Gasteiger partial charge on any atom is -0.262 e. The summed E-state index contributed by atoms with van der Waals surface area (Å²) in [6.45, 7) is 2.20. The first-order chi connectivity index (χ1) is 12.9. The molecule has 0 atom stereocenters. The molecule has 3 nitrogen and oxygen atoms in total. The van der Waals surface area contributed by atoms with Gasteiger partial charge in [-0.3, -0.25) is 4.31 Å². The quantitative estimate of drug-likeness (QED) is 0.538. The smallest absolute Gasteiger partial charge is 0.257 e. The second-order valence-corrected chi connectivity index (χ2v) is 8.41. The van der Waals surface area contributed by atoms with Gasteiger partial charge in [0.05, 0.1) is 17.6 Å². The second-order valence-electron chi connectivity index (χ2n) is 6.23. The van der Waals surface area contributed by atoms with Gasteiger partial charge in [-0.15, -0.1) is 0 Å². The molecule has 3 aromatic rings. The van der Waals surface area contributed by atoms with Gasteiger partial charge < -0.3 is 0 Å². The zero-order chi connectivity index (χ0) is 19.3. The van der Waals surface area contributed by atoms with Crippen molar-refractivity contribution in [3.8, 4) is 0 Å². The molecule has 5 heteroatoms. The van der Waals surface area contributed by atoms with E-state index in [4.69, 9.17) is 11.6 Å². The van der Waals surface area contributed by atoms with Gasteiger partial charge in [-0.1, -0.05) is 66.2 Å². The van der Waals surface area contributed by atoms with E-state index in [2.05, 4.69) is 0 Å². The summed E-state index contributed by atoms with van der Waals surface area (Å²) in [7, 11) is -3.69. The Morgan fingerprint density at radius 3 is 2.37 bits per heavy atom. The third-order valence-corrected chi connectivity index (χ3v) is 5.72. The van der Waals surface area contributed by atoms with Crippen molar-refractivity contribution < 1.29 is 8.42 Å². The summed E-state index contributed by atoms with van der Waals surface area (Å²) in [6, 6.07) is 24.1. The van der Waals surface area contributed by atoms with E-state index in [1.54, 1.807) is 30.3 Å². The number of hydrogen-bond acceptors (Lipinski definition) is 2. The van der Waals surface area contributed by atoms with Crippen molar-refractivity contribution in [1.82, 2.24) is 0 Å². The van der Waals surface area contributed by atoms with Gasteiger partial charge in [0.1, 0.15) is 0 Å². The molecule has 0 aliphatic rings. The molecule has 0 N–H and O–H groups in total. The molecule has 0 saturated carbocycles. The Hall–Kier alpha value is -2.56. The van der Waals surface area contributed by atoms with Gasteiger partial charge in [0.2, 0.25) is 0 Å². The highest BCUT2D eigenvalue weighted by Gasteiger charge is 2.20. The Balaban J connectivity index is 1.97. The summed E-state index contributed by atoms with van der Waals surface area (Å²) < 4.78 is 27.6. The molecular weight excluding hydrogens is 378 g/mol. The number of nitrogens with zero attached hydrogens (tertiary/aromatic N) is 1. The van der Waals surface area contributed by atoms with Crippen molar-refractivity contribution in [3.05, 3.63) is 106 Å². The van der Waals surface area contributed by atoms with Crippen molar-refractivity contribution in [2.75, 3.05) is 4.31 Å². The van der Waals surface area contributed by atoms with Crippen LogP contribution in [-0.4, -0.2) is 8.42 Å². The topological polar surface area (TPSA) is 37.4 Å². The molecule has 0 saturated heterocycles. The number of sulfonamides is 1. The lowest BCUT2D eigenvalue weighted by atomic mass is 10.2. The third kappa shape index (κ3) is 5.22. The van der Waals surface area contributed by atoms with Gasteiger partial charge >= 0.3 is 0 Å². The van der Waals surface area contributed by atoms with E-state index in [1.165, 1.54) is 9.71 Å². The fraction of sp³-hybridized carbons (Fsp3) is 0.0909. The fourth-order valence-electron chi connectivity index (χ4n) is 2.71. The third-order valence-electron chi connectivity index (χ3n) is 4.05. The zero-order valence-electron chi connectivity index (χ0n) is 14.9. The van der Waals surface area contributed by atoms with Crippen LogP contribution < -0.4 is 4.31 Å². The molecule has 3 rings (SSSR count). The SMILES string of the molecule is Cc1cccc(N(Cc2ccccc2)S(=O)(=O)/C=C/c2cccc(Cl)c2)c1. The molecule has 0 aromatic heterocycles. The van der Waals surface area contributed by atoms with Crippen LogP contribution in [0.1, 0.15) is 16.7 Å². The average molecular weight is 398 g/mol. The first-order valence-electron chi connectivity index (χ1n) is 8.51. The Bertz CT molecular complexity index is 1050. The average Bonchev–Trinajstić information content (AvgIpc) is 2.65. The van der Waals surface area contributed by atoms with E-state index in [0.29, 0.717) is 10.7 Å². The highest BCUT2D eigenvalue weighted by molar-refractivity contribution is 7.95. The molecule has 27 heavy (non-hydrogen) atoms. The summed E-state index contributed by atoms with van der Waals surface area (Å²) in [6.07, 6.45) is 1.56. The number of rotatable bonds is 6. The minimum absolute atomic E-state index is 0.256. The minimum atomic E-state index is -3.69. The molecule has 0 aliphatic heterocycles. The largest absolute Gasteiger partial charge is 0.262 e. The van der Waals surface area contributed by atoms with Gasteiger partial charge in [-0.2, -0.15) is 0 Å². The maximum Gasteiger partial charge on any atom is 0.257 e. The maximum absolute atomic E-state index is 13.1. The molecule has 0 spiro atoms. The highest BCUT2D eigenvalue weighted by atomic mass is 35.5. The summed E-state index contributed by atoms with van der Waals surface area (Å²) in [5, 5.41) is 1.79. The van der Waals surface area contributed by atoms with E-state index < -0.39 is 10.0 Å². The Morgan fingerprint density at radius 2 is 1.67 bits per heavy atom. The van der Waals surface area contributed by atoms with Crippen LogP contribution in [0.4, 0.5) is 5.69 Å². The van der Waals surface area contributed by atoms with Crippen LogP contribution in [0.3, 0.4) is 0 Å². The molecule has 0 heterocycles. The van der Waals surface area contributed by atoms with E-state index in [9.17, 15) is 8.42 Å². The number of halogens is 1. The summed E-state index contributed by atoms with van der Waals surface area (Å²) in [4.78, 5) is 0. The van der Waals surface area contributed by atoms with Crippen LogP contribution in [0, 0.1) is 6.92 Å². The standard InChI is InChI=1S/C22H20ClNO2S/c1-18-7-5-12-22(15-18)24(17-20-8-3-2-4-9-20)27(25,26)14-13-19-10-6-11-21(23)16-19/h2-16H,17H2,1H3/b14-13+. The Labute approximate surface area is 165 Å². The monoisotopic (exact) mass is 397 g/mol. The molecule has 0 aliphatic carbocycles. The maximum atomic E-state index is 13.1. The summed E-state index contributed by atoms with van der Waals surface area (Å²) >= 11 is 5.98. The number of aryl methyl sites for hydroxylation is 1.